The summed E-state index contributed by atoms with van der Waals surface area (Å²) in [5.74, 6) is 0.112. The van der Waals surface area contributed by atoms with Crippen LogP contribution in [-0.4, -0.2) is 41.5 Å². The molecule has 2 aromatic carbocycles. The summed E-state index contributed by atoms with van der Waals surface area (Å²) < 4.78 is 12.3. The Morgan fingerprint density at radius 2 is 0.964 bits per heavy atom. The van der Waals surface area contributed by atoms with E-state index in [4.69, 9.17) is 29.0 Å². The van der Waals surface area contributed by atoms with Crippen LogP contribution in [0.25, 0.3) is 0 Å². The number of carbonyl (C=O) groups is 3. The van der Waals surface area contributed by atoms with Crippen LogP contribution >= 0.6 is 0 Å². The zero-order chi connectivity index (χ0) is 40.7. The van der Waals surface area contributed by atoms with E-state index in [0.29, 0.717) is 48.6 Å². The summed E-state index contributed by atoms with van der Waals surface area (Å²) in [4.78, 5) is 62.6. The smallest absolute Gasteiger partial charge is 0.425 e. The number of hydrogen-bond acceptors (Lipinski definition) is 9. The Morgan fingerprint density at radius 3 is 1.30 bits per heavy atom. The van der Waals surface area contributed by atoms with Gasteiger partial charge >= 0.3 is 18.1 Å². The van der Waals surface area contributed by atoms with Gasteiger partial charge in [-0.3, -0.25) is 9.78 Å². The number of unbranched alkanes of at least 4 members (excludes halogenated alkanes) is 6. The molecule has 0 radical (unpaired) electrons. The quantitative estimate of drug-likeness (QED) is 0.0562. The SMILES string of the molecule is CCCCCCc1ccc(C(=O)OOC2CC(C(C)C)CCC2(C)OC(=O)OC2(C)CCC(C(C)C)CC2OOC(=O)c2ccc(CCCCCC)cc2)cc1. The highest BCUT2D eigenvalue weighted by Gasteiger charge is 2.50. The Kier molecular flexibility index (Phi) is 17.7. The molecule has 2 aromatic rings. The fraction of sp³-hybridized carbons (Fsp3) is 0.681. The fourth-order valence-corrected chi connectivity index (χ4v) is 8.10. The topological polar surface area (TPSA) is 107 Å². The van der Waals surface area contributed by atoms with Gasteiger partial charge in [0.05, 0.1) is 11.1 Å². The van der Waals surface area contributed by atoms with Crippen molar-refractivity contribution in [2.45, 2.75) is 182 Å². The summed E-state index contributed by atoms with van der Waals surface area (Å²) in [6.07, 6.45) is 12.8. The van der Waals surface area contributed by atoms with E-state index in [1.54, 1.807) is 38.1 Å². The van der Waals surface area contributed by atoms with Gasteiger partial charge in [0, 0.05) is 0 Å². The highest BCUT2D eigenvalue weighted by molar-refractivity contribution is 5.89. The van der Waals surface area contributed by atoms with E-state index in [1.165, 1.54) is 49.7 Å². The summed E-state index contributed by atoms with van der Waals surface area (Å²) in [5.41, 5.74) is 0.906. The molecule has 2 fully saturated rings. The third-order valence-corrected chi connectivity index (χ3v) is 12.4. The number of benzene rings is 2. The van der Waals surface area contributed by atoms with Crippen LogP contribution in [-0.2, 0) is 41.9 Å². The van der Waals surface area contributed by atoms with Crippen LogP contribution in [0.5, 0.6) is 0 Å². The second-order valence-electron chi connectivity index (χ2n) is 17.6. The highest BCUT2D eigenvalue weighted by atomic mass is 17.2. The average Bonchev–Trinajstić information content (AvgIpc) is 3.17. The number of rotatable bonds is 20. The van der Waals surface area contributed by atoms with Gasteiger partial charge < -0.3 is 9.47 Å². The van der Waals surface area contributed by atoms with Crippen molar-refractivity contribution in [3.8, 4) is 0 Å². The van der Waals surface area contributed by atoms with E-state index >= 15 is 0 Å². The molecular formula is C47H70O9. The molecule has 9 nitrogen and oxygen atoms in total. The van der Waals surface area contributed by atoms with Crippen molar-refractivity contribution >= 4 is 18.1 Å². The first kappa shape index (κ1) is 45.3. The minimum atomic E-state index is -1.12. The molecule has 0 N–H and O–H groups in total. The van der Waals surface area contributed by atoms with Gasteiger partial charge in [0.2, 0.25) is 0 Å². The Hall–Kier alpha value is -3.43. The number of hydrogen-bond donors (Lipinski definition) is 0. The lowest BCUT2D eigenvalue weighted by Crippen LogP contribution is -2.53. The van der Waals surface area contributed by atoms with Crippen LogP contribution in [0.1, 0.15) is 177 Å². The van der Waals surface area contributed by atoms with Crippen LogP contribution in [0, 0.1) is 23.7 Å². The van der Waals surface area contributed by atoms with E-state index in [2.05, 4.69) is 41.5 Å². The largest absolute Gasteiger partial charge is 0.509 e. The van der Waals surface area contributed by atoms with Crippen molar-refractivity contribution in [2.24, 2.45) is 23.7 Å². The molecule has 9 heteroatoms. The molecule has 6 atom stereocenters. The minimum absolute atomic E-state index is 0.289. The number of ether oxygens (including phenoxy) is 2. The van der Waals surface area contributed by atoms with Gasteiger partial charge in [-0.1, -0.05) is 104 Å². The average molecular weight is 779 g/mol. The standard InChI is InChI=1S/C47H70O9/c1-9-11-13-15-17-35-19-23-37(24-20-35)43(48)55-53-41-31-39(33(3)4)27-29-46(41,7)51-45(50)52-47(8)30-28-40(34(5)6)32-42(47)54-56-44(49)38-25-21-36(22-26-38)18-16-14-12-10-2/h19-26,33-34,39-42H,9-18,27-32H2,1-8H3. The van der Waals surface area contributed by atoms with Crippen molar-refractivity contribution in [2.75, 3.05) is 0 Å². The first-order chi connectivity index (χ1) is 26.8. The Bertz CT molecular complexity index is 1390. The second-order valence-corrected chi connectivity index (χ2v) is 17.6. The van der Waals surface area contributed by atoms with E-state index in [0.717, 1.165) is 38.5 Å². The molecule has 0 saturated heterocycles. The van der Waals surface area contributed by atoms with E-state index in [-0.39, 0.29) is 11.8 Å². The Labute approximate surface area is 336 Å². The molecule has 312 valence electrons. The summed E-state index contributed by atoms with van der Waals surface area (Å²) >= 11 is 0. The van der Waals surface area contributed by atoms with Crippen molar-refractivity contribution < 1.29 is 43.4 Å². The lowest BCUT2D eigenvalue weighted by molar-refractivity contribution is -0.327. The summed E-state index contributed by atoms with van der Waals surface area (Å²) in [6, 6.07) is 14.9. The van der Waals surface area contributed by atoms with Gasteiger partial charge in [-0.05, 0) is 137 Å². The molecule has 2 aliphatic rings. The van der Waals surface area contributed by atoms with Crippen LogP contribution in [0.4, 0.5) is 4.79 Å². The molecule has 0 spiro atoms. The fourth-order valence-electron chi connectivity index (χ4n) is 8.10. The van der Waals surface area contributed by atoms with Crippen molar-refractivity contribution in [1.82, 2.24) is 0 Å². The van der Waals surface area contributed by atoms with Gasteiger partial charge in [0.1, 0.15) is 23.4 Å². The van der Waals surface area contributed by atoms with E-state index in [1.807, 2.05) is 24.3 Å². The maximum atomic E-state index is 13.7. The van der Waals surface area contributed by atoms with Crippen LogP contribution in [0.3, 0.4) is 0 Å². The third kappa shape index (κ3) is 13.3. The predicted molar refractivity (Wildman–Crippen MR) is 218 cm³/mol. The maximum absolute atomic E-state index is 13.7. The minimum Gasteiger partial charge on any atom is -0.425 e. The summed E-state index contributed by atoms with van der Waals surface area (Å²) in [5, 5.41) is 0. The highest BCUT2D eigenvalue weighted by Crippen LogP contribution is 2.43. The van der Waals surface area contributed by atoms with Crippen molar-refractivity contribution in [3.05, 3.63) is 70.8 Å². The van der Waals surface area contributed by atoms with Crippen molar-refractivity contribution in [3.63, 3.8) is 0 Å². The van der Waals surface area contributed by atoms with Gasteiger partial charge in [-0.15, -0.1) is 0 Å². The van der Waals surface area contributed by atoms with Crippen LogP contribution < -0.4 is 0 Å². The van der Waals surface area contributed by atoms with Gasteiger partial charge in [0.25, 0.3) is 0 Å². The normalized spacial score (nSPS) is 25.2. The molecule has 0 aromatic heterocycles. The van der Waals surface area contributed by atoms with E-state index in [9.17, 15) is 14.4 Å². The molecule has 0 aliphatic heterocycles. The Morgan fingerprint density at radius 1 is 0.589 bits per heavy atom. The summed E-state index contributed by atoms with van der Waals surface area (Å²) in [6.45, 7) is 16.6. The molecule has 0 amide bonds. The first-order valence-corrected chi connectivity index (χ1v) is 21.6. The molecule has 0 heterocycles. The molecule has 2 saturated carbocycles. The zero-order valence-electron chi connectivity index (χ0n) is 35.6. The Balaban J connectivity index is 1.39. The number of carbonyl (C=O) groups excluding carboxylic acids is 3. The van der Waals surface area contributed by atoms with Gasteiger partial charge in [-0.25, -0.2) is 14.4 Å². The first-order valence-electron chi connectivity index (χ1n) is 21.6. The molecule has 4 rings (SSSR count). The van der Waals surface area contributed by atoms with Crippen LogP contribution in [0.2, 0.25) is 0 Å². The van der Waals surface area contributed by atoms with Crippen molar-refractivity contribution in [1.29, 1.82) is 0 Å². The molecule has 2 aliphatic carbocycles. The zero-order valence-corrected chi connectivity index (χ0v) is 35.6. The van der Waals surface area contributed by atoms with Crippen LogP contribution in [0.15, 0.2) is 48.5 Å². The molecular weight excluding hydrogens is 709 g/mol. The lowest BCUT2D eigenvalue weighted by Gasteiger charge is -2.45. The monoisotopic (exact) mass is 779 g/mol. The second kappa shape index (κ2) is 21.9. The van der Waals surface area contributed by atoms with E-state index < -0.39 is 41.5 Å². The molecule has 0 bridgehead atoms. The summed E-state index contributed by atoms with van der Waals surface area (Å²) in [7, 11) is 0. The van der Waals surface area contributed by atoms with Gasteiger partial charge in [0.15, 0.2) is 0 Å². The predicted octanol–water partition coefficient (Wildman–Crippen LogP) is 12.1. The third-order valence-electron chi connectivity index (χ3n) is 12.4. The lowest BCUT2D eigenvalue weighted by atomic mass is 9.73. The number of aryl methyl sites for hydroxylation is 2. The molecule has 6 unspecified atom stereocenters. The van der Waals surface area contributed by atoms with Gasteiger partial charge in [-0.2, -0.15) is 9.78 Å². The maximum Gasteiger partial charge on any atom is 0.509 e. The molecule has 56 heavy (non-hydrogen) atoms.